The Hall–Kier alpha value is -0.860. The number of benzene rings is 1. The van der Waals surface area contributed by atoms with Crippen molar-refractivity contribution in [2.75, 3.05) is 13.1 Å². The van der Waals surface area contributed by atoms with Crippen molar-refractivity contribution in [1.29, 1.82) is 0 Å². The highest BCUT2D eigenvalue weighted by Gasteiger charge is 2.25. The molecule has 1 saturated heterocycles. The lowest BCUT2D eigenvalue weighted by molar-refractivity contribution is 0.0882. The first-order chi connectivity index (χ1) is 7.20. The Balaban J connectivity index is 2.02. The van der Waals surface area contributed by atoms with Crippen LogP contribution in [-0.2, 0) is 6.54 Å². The van der Waals surface area contributed by atoms with E-state index in [0.717, 1.165) is 13.1 Å². The molecule has 0 radical (unpaired) electrons. The fourth-order valence-electron chi connectivity index (χ4n) is 2.11. The van der Waals surface area contributed by atoms with Crippen LogP contribution >= 0.6 is 0 Å². The minimum Gasteiger partial charge on any atom is -0.329 e. The summed E-state index contributed by atoms with van der Waals surface area (Å²) in [5.41, 5.74) is 9.86. The van der Waals surface area contributed by atoms with E-state index >= 15 is 0 Å². The van der Waals surface area contributed by atoms with Crippen LogP contribution in [-0.4, -0.2) is 24.0 Å². The molecule has 0 saturated carbocycles. The molecular weight excluding hydrogens is 184 g/mol. The second-order valence-corrected chi connectivity index (χ2v) is 4.57. The molecule has 2 nitrogen and oxygen atoms in total. The van der Waals surface area contributed by atoms with Gasteiger partial charge >= 0.3 is 0 Å². The summed E-state index contributed by atoms with van der Waals surface area (Å²) >= 11 is 0. The van der Waals surface area contributed by atoms with Gasteiger partial charge in [-0.15, -0.1) is 0 Å². The molecule has 15 heavy (non-hydrogen) atoms. The molecule has 1 heterocycles. The predicted molar refractivity (Wildman–Crippen MR) is 63.8 cm³/mol. The van der Waals surface area contributed by atoms with Crippen LogP contribution in [0, 0.1) is 13.8 Å². The van der Waals surface area contributed by atoms with Crippen LogP contribution in [0.25, 0.3) is 0 Å². The van der Waals surface area contributed by atoms with E-state index < -0.39 is 0 Å². The summed E-state index contributed by atoms with van der Waals surface area (Å²) in [4.78, 5) is 2.46. The van der Waals surface area contributed by atoms with E-state index in [0.29, 0.717) is 6.04 Å². The Morgan fingerprint density at radius 3 is 2.67 bits per heavy atom. The lowest BCUT2D eigenvalue weighted by Crippen LogP contribution is -2.50. The van der Waals surface area contributed by atoms with Crippen LogP contribution in [0.1, 0.15) is 23.1 Å². The summed E-state index contributed by atoms with van der Waals surface area (Å²) in [6, 6.07) is 7.35. The zero-order chi connectivity index (χ0) is 10.8. The smallest absolute Gasteiger partial charge is 0.0237 e. The second kappa shape index (κ2) is 4.33. The number of hydrogen-bond donors (Lipinski definition) is 1. The van der Waals surface area contributed by atoms with Crippen LogP contribution in [0.5, 0.6) is 0 Å². The molecule has 0 aliphatic carbocycles. The normalized spacial score (nSPS) is 21.4. The van der Waals surface area contributed by atoms with Gasteiger partial charge in [0.05, 0.1) is 0 Å². The van der Waals surface area contributed by atoms with E-state index in [-0.39, 0.29) is 0 Å². The maximum atomic E-state index is 5.69. The topological polar surface area (TPSA) is 29.3 Å². The fourth-order valence-corrected chi connectivity index (χ4v) is 2.11. The molecule has 1 fully saturated rings. The zero-order valence-electron chi connectivity index (χ0n) is 9.66. The number of nitrogens with zero attached hydrogens (tertiary/aromatic N) is 1. The van der Waals surface area contributed by atoms with Gasteiger partial charge in [0.25, 0.3) is 0 Å². The molecule has 0 bridgehead atoms. The van der Waals surface area contributed by atoms with Crippen molar-refractivity contribution < 1.29 is 0 Å². The Morgan fingerprint density at radius 1 is 1.33 bits per heavy atom. The highest BCUT2D eigenvalue weighted by Crippen LogP contribution is 2.20. The third-order valence-corrected chi connectivity index (χ3v) is 3.49. The SMILES string of the molecule is Cc1ccc(CN2CCC2CN)cc1C. The average Bonchev–Trinajstić information content (AvgIpc) is 2.19. The largest absolute Gasteiger partial charge is 0.329 e. The molecule has 82 valence electrons. The fraction of sp³-hybridized carbons (Fsp3) is 0.538. The van der Waals surface area contributed by atoms with E-state index in [1.807, 2.05) is 0 Å². The molecule has 1 aromatic carbocycles. The van der Waals surface area contributed by atoms with Crippen LogP contribution < -0.4 is 5.73 Å². The van der Waals surface area contributed by atoms with E-state index in [4.69, 9.17) is 5.73 Å². The van der Waals surface area contributed by atoms with Gasteiger partial charge in [-0.05, 0) is 37.0 Å². The van der Waals surface area contributed by atoms with E-state index in [1.165, 1.54) is 29.7 Å². The Morgan fingerprint density at radius 2 is 2.13 bits per heavy atom. The first-order valence-electron chi connectivity index (χ1n) is 5.71. The van der Waals surface area contributed by atoms with E-state index in [1.54, 1.807) is 0 Å². The zero-order valence-corrected chi connectivity index (χ0v) is 9.66. The first-order valence-corrected chi connectivity index (χ1v) is 5.71. The van der Waals surface area contributed by atoms with Gasteiger partial charge in [-0.1, -0.05) is 18.2 Å². The monoisotopic (exact) mass is 204 g/mol. The summed E-state index contributed by atoms with van der Waals surface area (Å²) in [7, 11) is 0. The van der Waals surface area contributed by atoms with Gasteiger partial charge in [-0.2, -0.15) is 0 Å². The molecule has 0 aromatic heterocycles. The lowest BCUT2D eigenvalue weighted by Gasteiger charge is -2.40. The molecule has 1 aliphatic heterocycles. The summed E-state index contributed by atoms with van der Waals surface area (Å²) in [6.45, 7) is 7.39. The minimum absolute atomic E-state index is 0.617. The standard InChI is InChI=1S/C13H20N2/c1-10-3-4-12(7-11(10)2)9-15-6-5-13(15)8-14/h3-4,7,13H,5-6,8-9,14H2,1-2H3. The van der Waals surface area contributed by atoms with Crippen molar-refractivity contribution in [2.24, 2.45) is 5.73 Å². The number of hydrogen-bond acceptors (Lipinski definition) is 2. The number of nitrogens with two attached hydrogens (primary N) is 1. The van der Waals surface area contributed by atoms with Crippen molar-refractivity contribution in [3.63, 3.8) is 0 Å². The Bertz CT molecular complexity index is 344. The van der Waals surface area contributed by atoms with E-state index in [9.17, 15) is 0 Å². The minimum atomic E-state index is 0.617. The summed E-state index contributed by atoms with van der Waals surface area (Å²) < 4.78 is 0. The van der Waals surface area contributed by atoms with Crippen LogP contribution in [0.3, 0.4) is 0 Å². The average molecular weight is 204 g/mol. The van der Waals surface area contributed by atoms with Gasteiger partial charge in [0.15, 0.2) is 0 Å². The maximum Gasteiger partial charge on any atom is 0.0237 e. The van der Waals surface area contributed by atoms with Crippen molar-refractivity contribution in [2.45, 2.75) is 32.9 Å². The van der Waals surface area contributed by atoms with Crippen LogP contribution in [0.4, 0.5) is 0 Å². The molecule has 1 aliphatic rings. The molecule has 1 aromatic rings. The molecular formula is C13H20N2. The van der Waals surface area contributed by atoms with Gasteiger partial charge in [-0.25, -0.2) is 0 Å². The number of aryl methyl sites for hydroxylation is 2. The van der Waals surface area contributed by atoms with Gasteiger partial charge in [0.1, 0.15) is 0 Å². The maximum absolute atomic E-state index is 5.69. The van der Waals surface area contributed by atoms with Gasteiger partial charge < -0.3 is 5.73 Å². The van der Waals surface area contributed by atoms with Crippen LogP contribution in [0.15, 0.2) is 18.2 Å². The molecule has 0 spiro atoms. The highest BCUT2D eigenvalue weighted by molar-refractivity contribution is 5.30. The third-order valence-electron chi connectivity index (χ3n) is 3.49. The van der Waals surface area contributed by atoms with Crippen molar-refractivity contribution in [3.05, 3.63) is 34.9 Å². The summed E-state index contributed by atoms with van der Waals surface area (Å²) in [5.74, 6) is 0. The first kappa shape index (κ1) is 10.7. The number of likely N-dealkylation sites (tertiary alicyclic amines) is 1. The highest BCUT2D eigenvalue weighted by atomic mass is 15.2. The molecule has 2 N–H and O–H groups in total. The van der Waals surface area contributed by atoms with Crippen molar-refractivity contribution in [1.82, 2.24) is 4.90 Å². The quantitative estimate of drug-likeness (QED) is 0.814. The number of rotatable bonds is 3. The summed E-state index contributed by atoms with van der Waals surface area (Å²) in [5, 5.41) is 0. The Labute approximate surface area is 92.1 Å². The molecule has 1 unspecified atom stereocenters. The Kier molecular flexibility index (Phi) is 3.08. The van der Waals surface area contributed by atoms with Crippen LogP contribution in [0.2, 0.25) is 0 Å². The molecule has 1 atom stereocenters. The van der Waals surface area contributed by atoms with Crippen molar-refractivity contribution in [3.8, 4) is 0 Å². The predicted octanol–water partition coefficient (Wildman–Crippen LogP) is 1.84. The van der Waals surface area contributed by atoms with E-state index in [2.05, 4.69) is 36.9 Å². The third kappa shape index (κ3) is 2.21. The second-order valence-electron chi connectivity index (χ2n) is 4.57. The van der Waals surface area contributed by atoms with Gasteiger partial charge in [0.2, 0.25) is 0 Å². The molecule has 0 amide bonds. The van der Waals surface area contributed by atoms with Gasteiger partial charge in [0, 0.05) is 25.7 Å². The molecule has 2 rings (SSSR count). The lowest BCUT2D eigenvalue weighted by atomic mass is 10.0. The molecule has 2 heteroatoms. The van der Waals surface area contributed by atoms with Gasteiger partial charge in [-0.3, -0.25) is 4.90 Å². The summed E-state index contributed by atoms with van der Waals surface area (Å²) in [6.07, 6.45) is 1.27. The van der Waals surface area contributed by atoms with Crippen molar-refractivity contribution >= 4 is 0 Å².